The van der Waals surface area contributed by atoms with Gasteiger partial charge in [0, 0.05) is 49.7 Å². The number of hydrogen-bond acceptors (Lipinski definition) is 8. The van der Waals surface area contributed by atoms with Gasteiger partial charge in [-0.05, 0) is 42.0 Å². The van der Waals surface area contributed by atoms with Crippen LogP contribution in [0.3, 0.4) is 0 Å². The molecule has 3 heterocycles. The first-order chi connectivity index (χ1) is 17.6. The van der Waals surface area contributed by atoms with Gasteiger partial charge < -0.3 is 14.4 Å². The summed E-state index contributed by atoms with van der Waals surface area (Å²) in [5.74, 6) is 0.429. The number of esters is 1. The summed E-state index contributed by atoms with van der Waals surface area (Å²) in [6.45, 7) is 2.13. The van der Waals surface area contributed by atoms with Crippen molar-refractivity contribution in [1.29, 1.82) is 0 Å². The van der Waals surface area contributed by atoms with Crippen LogP contribution in [-0.4, -0.2) is 72.0 Å². The van der Waals surface area contributed by atoms with Crippen LogP contribution in [0.2, 0.25) is 0 Å². The van der Waals surface area contributed by atoms with Crippen LogP contribution < -0.4 is 4.74 Å². The Morgan fingerprint density at radius 3 is 2.56 bits per heavy atom. The molecule has 1 fully saturated rings. The van der Waals surface area contributed by atoms with E-state index in [9.17, 15) is 9.59 Å². The molecule has 0 bridgehead atoms. The van der Waals surface area contributed by atoms with Gasteiger partial charge in [0.15, 0.2) is 0 Å². The second kappa shape index (κ2) is 10.4. The molecule has 1 unspecified atom stereocenters. The van der Waals surface area contributed by atoms with Crippen molar-refractivity contribution in [3.63, 3.8) is 0 Å². The van der Waals surface area contributed by atoms with Crippen molar-refractivity contribution in [2.24, 2.45) is 0 Å². The highest BCUT2D eigenvalue weighted by Gasteiger charge is 2.32. The van der Waals surface area contributed by atoms with Crippen LogP contribution in [0.1, 0.15) is 22.0 Å². The molecule has 0 aliphatic carbocycles. The van der Waals surface area contributed by atoms with Crippen LogP contribution >= 0.6 is 11.3 Å². The number of carbonyl (C=O) groups excluding carboxylic acids is 2. The largest absolute Gasteiger partial charge is 0.497 e. The van der Waals surface area contributed by atoms with Gasteiger partial charge in [-0.1, -0.05) is 18.2 Å². The fourth-order valence-corrected chi connectivity index (χ4v) is 5.44. The lowest BCUT2D eigenvalue weighted by atomic mass is 10.1. The maximum absolute atomic E-state index is 13.3. The SMILES string of the molecule is COC(=O)C(c1cccnc1)N1CCN(C(=O)c2cccc(-c3nc4ccc(OC)cc4s3)c2)CC1. The minimum atomic E-state index is -0.540. The predicted molar refractivity (Wildman–Crippen MR) is 138 cm³/mol. The molecular weight excluding hydrogens is 476 g/mol. The first-order valence-electron chi connectivity index (χ1n) is 11.6. The van der Waals surface area contributed by atoms with Crippen molar-refractivity contribution in [1.82, 2.24) is 19.8 Å². The lowest BCUT2D eigenvalue weighted by molar-refractivity contribution is -0.148. The molecule has 2 aromatic carbocycles. The third-order valence-electron chi connectivity index (χ3n) is 6.34. The molecule has 1 aliphatic heterocycles. The molecule has 1 aliphatic rings. The highest BCUT2D eigenvalue weighted by molar-refractivity contribution is 7.21. The number of thiazole rings is 1. The van der Waals surface area contributed by atoms with Gasteiger partial charge in [-0.3, -0.25) is 14.7 Å². The van der Waals surface area contributed by atoms with E-state index < -0.39 is 6.04 Å². The standard InChI is InChI=1S/C27H26N4O4S/c1-34-21-8-9-22-23(16-21)36-25(29-22)18-5-3-6-19(15-18)26(32)31-13-11-30(12-14-31)24(27(33)35-2)20-7-4-10-28-17-20/h3-10,15-17,24H,11-14H2,1-2H3. The second-order valence-electron chi connectivity index (χ2n) is 8.47. The minimum Gasteiger partial charge on any atom is -0.497 e. The summed E-state index contributed by atoms with van der Waals surface area (Å²) >= 11 is 1.57. The van der Waals surface area contributed by atoms with Crippen molar-refractivity contribution < 1.29 is 19.1 Å². The molecule has 5 rings (SSSR count). The van der Waals surface area contributed by atoms with E-state index in [4.69, 9.17) is 14.5 Å². The molecular formula is C27H26N4O4S. The molecule has 0 N–H and O–H groups in total. The van der Waals surface area contributed by atoms with Crippen LogP contribution in [0.25, 0.3) is 20.8 Å². The van der Waals surface area contributed by atoms with E-state index in [0.717, 1.165) is 32.1 Å². The third-order valence-corrected chi connectivity index (χ3v) is 7.41. The average molecular weight is 503 g/mol. The van der Waals surface area contributed by atoms with Crippen molar-refractivity contribution in [2.75, 3.05) is 40.4 Å². The van der Waals surface area contributed by atoms with E-state index in [1.54, 1.807) is 36.9 Å². The summed E-state index contributed by atoms with van der Waals surface area (Å²) in [5, 5.41) is 0.857. The summed E-state index contributed by atoms with van der Waals surface area (Å²) in [6, 6.07) is 16.5. The molecule has 0 spiro atoms. The molecule has 1 amide bonds. The van der Waals surface area contributed by atoms with E-state index in [0.29, 0.717) is 31.7 Å². The first-order valence-corrected chi connectivity index (χ1v) is 12.4. The van der Waals surface area contributed by atoms with Crippen LogP contribution in [0.4, 0.5) is 0 Å². The Labute approximate surface area is 213 Å². The van der Waals surface area contributed by atoms with Gasteiger partial charge in [0.25, 0.3) is 5.91 Å². The summed E-state index contributed by atoms with van der Waals surface area (Å²) in [7, 11) is 3.03. The van der Waals surface area contributed by atoms with E-state index >= 15 is 0 Å². The Bertz CT molecular complexity index is 1380. The average Bonchev–Trinajstić information content (AvgIpc) is 3.37. The zero-order valence-electron chi connectivity index (χ0n) is 20.1. The molecule has 4 aromatic rings. The molecule has 36 heavy (non-hydrogen) atoms. The number of hydrogen-bond donors (Lipinski definition) is 0. The number of nitrogens with zero attached hydrogens (tertiary/aromatic N) is 4. The number of methoxy groups -OCH3 is 2. The van der Waals surface area contributed by atoms with Gasteiger partial charge >= 0.3 is 5.97 Å². The lowest BCUT2D eigenvalue weighted by Crippen LogP contribution is -2.51. The number of benzene rings is 2. The number of fused-ring (bicyclic) bond motifs is 1. The zero-order chi connectivity index (χ0) is 25.1. The van der Waals surface area contributed by atoms with E-state index in [-0.39, 0.29) is 11.9 Å². The zero-order valence-corrected chi connectivity index (χ0v) is 20.9. The van der Waals surface area contributed by atoms with Gasteiger partial charge in [0.1, 0.15) is 16.8 Å². The monoisotopic (exact) mass is 502 g/mol. The van der Waals surface area contributed by atoms with Crippen LogP contribution in [0.5, 0.6) is 5.75 Å². The maximum atomic E-state index is 13.3. The van der Waals surface area contributed by atoms with Crippen molar-refractivity contribution in [3.05, 3.63) is 78.1 Å². The number of rotatable bonds is 6. The van der Waals surface area contributed by atoms with Gasteiger partial charge in [0.05, 0.1) is 24.4 Å². The molecule has 184 valence electrons. The smallest absolute Gasteiger partial charge is 0.327 e. The van der Waals surface area contributed by atoms with Crippen molar-refractivity contribution >= 4 is 33.4 Å². The van der Waals surface area contributed by atoms with E-state index in [2.05, 4.69) is 4.98 Å². The van der Waals surface area contributed by atoms with E-state index in [1.807, 2.05) is 58.3 Å². The number of ether oxygens (including phenoxy) is 2. The predicted octanol–water partition coefficient (Wildman–Crippen LogP) is 4.04. The minimum absolute atomic E-state index is 0.0322. The number of piperazine rings is 1. The van der Waals surface area contributed by atoms with Gasteiger partial charge in [-0.25, -0.2) is 9.78 Å². The van der Waals surface area contributed by atoms with Crippen LogP contribution in [0.15, 0.2) is 67.0 Å². The first kappa shape index (κ1) is 23.9. The number of pyridine rings is 1. The number of amides is 1. The maximum Gasteiger partial charge on any atom is 0.327 e. The molecule has 0 radical (unpaired) electrons. The van der Waals surface area contributed by atoms with E-state index in [1.165, 1.54) is 7.11 Å². The van der Waals surface area contributed by atoms with Gasteiger partial charge in [-0.2, -0.15) is 0 Å². The van der Waals surface area contributed by atoms with Crippen molar-refractivity contribution in [3.8, 4) is 16.3 Å². The molecule has 1 atom stereocenters. The van der Waals surface area contributed by atoms with Gasteiger partial charge in [-0.15, -0.1) is 11.3 Å². The summed E-state index contributed by atoms with van der Waals surface area (Å²) in [4.78, 5) is 38.6. The normalized spacial score (nSPS) is 15.0. The van der Waals surface area contributed by atoms with Crippen LogP contribution in [-0.2, 0) is 9.53 Å². The van der Waals surface area contributed by atoms with Gasteiger partial charge in [0.2, 0.25) is 0 Å². The molecule has 8 nitrogen and oxygen atoms in total. The Kier molecular flexibility index (Phi) is 6.92. The van der Waals surface area contributed by atoms with Crippen molar-refractivity contribution in [2.45, 2.75) is 6.04 Å². The number of aromatic nitrogens is 2. The fourth-order valence-electron chi connectivity index (χ4n) is 4.45. The lowest BCUT2D eigenvalue weighted by Gasteiger charge is -2.38. The third kappa shape index (κ3) is 4.80. The topological polar surface area (TPSA) is 84.9 Å². The quantitative estimate of drug-likeness (QED) is 0.368. The summed E-state index contributed by atoms with van der Waals surface area (Å²) in [5.41, 5.74) is 3.21. The molecule has 1 saturated heterocycles. The number of carbonyl (C=O) groups is 2. The Hall–Kier alpha value is -3.82. The summed E-state index contributed by atoms with van der Waals surface area (Å²) in [6.07, 6.45) is 3.36. The second-order valence-corrected chi connectivity index (χ2v) is 9.50. The highest BCUT2D eigenvalue weighted by Crippen LogP contribution is 2.33. The Morgan fingerprint density at radius 1 is 1.00 bits per heavy atom. The van der Waals surface area contributed by atoms with Crippen LogP contribution in [0, 0.1) is 0 Å². The molecule has 9 heteroatoms. The molecule has 2 aromatic heterocycles. The molecule has 0 saturated carbocycles. The Balaban J connectivity index is 1.30. The highest BCUT2D eigenvalue weighted by atomic mass is 32.1. The fraction of sp³-hybridized carbons (Fsp3) is 0.259. The summed E-state index contributed by atoms with van der Waals surface area (Å²) < 4.78 is 11.4. The Morgan fingerprint density at radius 2 is 1.83 bits per heavy atom.